The van der Waals surface area contributed by atoms with Gasteiger partial charge in [0.25, 0.3) is 5.91 Å². The molecule has 7 nitrogen and oxygen atoms in total. The highest BCUT2D eigenvalue weighted by Gasteiger charge is 2.24. The Balaban J connectivity index is 1.77. The Morgan fingerprint density at radius 2 is 2.11 bits per heavy atom. The minimum Gasteiger partial charge on any atom is -0.492 e. The van der Waals surface area contributed by atoms with Crippen molar-refractivity contribution in [2.75, 3.05) is 11.5 Å². The number of carbonyl (C=O) groups is 1. The van der Waals surface area contributed by atoms with Crippen LogP contribution < -0.4 is 9.64 Å². The van der Waals surface area contributed by atoms with Gasteiger partial charge in [-0.2, -0.15) is 5.10 Å². The molecule has 0 unspecified atom stereocenters. The van der Waals surface area contributed by atoms with Crippen LogP contribution in [0, 0.1) is 0 Å². The van der Waals surface area contributed by atoms with E-state index in [4.69, 9.17) is 9.72 Å². The Morgan fingerprint density at radius 3 is 2.82 bits per heavy atom. The van der Waals surface area contributed by atoms with Crippen LogP contribution in [0.3, 0.4) is 0 Å². The van der Waals surface area contributed by atoms with Gasteiger partial charge >= 0.3 is 0 Å². The molecule has 0 aliphatic carbocycles. The fraction of sp³-hybridized carbons (Fsp3) is 0.200. The average Bonchev–Trinajstić information content (AvgIpc) is 3.33. The summed E-state index contributed by atoms with van der Waals surface area (Å²) >= 11 is 1.45. The number of hydrogen-bond donors (Lipinski definition) is 0. The van der Waals surface area contributed by atoms with Gasteiger partial charge in [-0.25, -0.2) is 4.98 Å². The lowest BCUT2D eigenvalue weighted by atomic mass is 10.3. The van der Waals surface area contributed by atoms with Gasteiger partial charge in [-0.05, 0) is 37.3 Å². The van der Waals surface area contributed by atoms with Crippen LogP contribution in [0.4, 0.5) is 5.13 Å². The number of rotatable bonds is 6. The Bertz CT molecular complexity index is 1110. The van der Waals surface area contributed by atoms with Crippen LogP contribution >= 0.6 is 11.3 Å². The van der Waals surface area contributed by atoms with Crippen LogP contribution in [0.15, 0.2) is 54.9 Å². The molecular weight excluding hydrogens is 374 g/mol. The van der Waals surface area contributed by atoms with E-state index in [1.54, 1.807) is 35.1 Å². The Hall–Kier alpha value is -3.26. The zero-order chi connectivity index (χ0) is 19.5. The van der Waals surface area contributed by atoms with Gasteiger partial charge in [0, 0.05) is 19.4 Å². The molecule has 142 valence electrons. The number of amides is 1. The summed E-state index contributed by atoms with van der Waals surface area (Å²) in [4.78, 5) is 23.9. The fourth-order valence-electron chi connectivity index (χ4n) is 2.85. The van der Waals surface area contributed by atoms with E-state index in [1.165, 1.54) is 11.3 Å². The van der Waals surface area contributed by atoms with Crippen molar-refractivity contribution in [2.24, 2.45) is 7.05 Å². The molecule has 1 amide bonds. The fourth-order valence-corrected chi connectivity index (χ4v) is 3.83. The number of thiazole rings is 1. The highest BCUT2D eigenvalue weighted by molar-refractivity contribution is 7.22. The average molecular weight is 393 g/mol. The highest BCUT2D eigenvalue weighted by Crippen LogP contribution is 2.35. The maximum absolute atomic E-state index is 13.2. The van der Waals surface area contributed by atoms with Crippen molar-refractivity contribution < 1.29 is 9.53 Å². The second kappa shape index (κ2) is 7.77. The van der Waals surface area contributed by atoms with Crippen molar-refractivity contribution in [1.82, 2.24) is 19.7 Å². The van der Waals surface area contributed by atoms with E-state index >= 15 is 0 Å². The Labute approximate surface area is 166 Å². The standard InChI is InChI=1S/C20H19N5O2S/c1-3-27-16-8-6-9-17-18(16)22-20(28-17)25(13-14-7-4-5-11-21-14)19(26)15-10-12-24(2)23-15/h4-12H,3,13H2,1-2H3. The highest BCUT2D eigenvalue weighted by atomic mass is 32.1. The number of benzene rings is 1. The van der Waals surface area contributed by atoms with Gasteiger partial charge in [0.2, 0.25) is 0 Å². The largest absolute Gasteiger partial charge is 0.492 e. The number of fused-ring (bicyclic) bond motifs is 1. The summed E-state index contributed by atoms with van der Waals surface area (Å²) in [5.41, 5.74) is 1.89. The molecule has 8 heteroatoms. The topological polar surface area (TPSA) is 73.1 Å². The van der Waals surface area contributed by atoms with Gasteiger partial charge in [-0.15, -0.1) is 0 Å². The molecule has 0 aliphatic heterocycles. The van der Waals surface area contributed by atoms with Crippen molar-refractivity contribution >= 4 is 32.6 Å². The van der Waals surface area contributed by atoms with Crippen LogP contribution in [0.25, 0.3) is 10.2 Å². The second-order valence-corrected chi connectivity index (χ2v) is 7.13. The van der Waals surface area contributed by atoms with E-state index in [1.807, 2.05) is 43.3 Å². The van der Waals surface area contributed by atoms with Gasteiger partial charge in [-0.3, -0.25) is 19.4 Å². The monoisotopic (exact) mass is 393 g/mol. The first-order chi connectivity index (χ1) is 13.7. The quantitative estimate of drug-likeness (QED) is 0.500. The Morgan fingerprint density at radius 1 is 1.21 bits per heavy atom. The van der Waals surface area contributed by atoms with Crippen molar-refractivity contribution in [1.29, 1.82) is 0 Å². The lowest BCUT2D eigenvalue weighted by molar-refractivity contribution is 0.0979. The summed E-state index contributed by atoms with van der Waals surface area (Å²) in [6, 6.07) is 13.1. The molecule has 28 heavy (non-hydrogen) atoms. The van der Waals surface area contributed by atoms with E-state index in [2.05, 4.69) is 10.1 Å². The maximum Gasteiger partial charge on any atom is 0.280 e. The number of hydrogen-bond acceptors (Lipinski definition) is 6. The first-order valence-corrected chi connectivity index (χ1v) is 9.71. The third kappa shape index (κ3) is 3.59. The van der Waals surface area contributed by atoms with Gasteiger partial charge < -0.3 is 4.74 Å². The smallest absolute Gasteiger partial charge is 0.280 e. The lowest BCUT2D eigenvalue weighted by Crippen LogP contribution is -2.31. The van der Waals surface area contributed by atoms with Crippen molar-refractivity contribution in [2.45, 2.75) is 13.5 Å². The molecule has 0 fully saturated rings. The molecule has 0 N–H and O–H groups in total. The van der Waals surface area contributed by atoms with E-state index < -0.39 is 0 Å². The van der Waals surface area contributed by atoms with E-state index in [9.17, 15) is 4.79 Å². The molecule has 0 saturated carbocycles. The Kier molecular flexibility index (Phi) is 5.03. The predicted molar refractivity (Wildman–Crippen MR) is 109 cm³/mol. The number of aryl methyl sites for hydroxylation is 1. The normalized spacial score (nSPS) is 10.9. The van der Waals surface area contributed by atoms with Crippen LogP contribution in [-0.4, -0.2) is 32.3 Å². The molecule has 4 aromatic rings. The van der Waals surface area contributed by atoms with Crippen molar-refractivity contribution in [3.63, 3.8) is 0 Å². The third-order valence-corrected chi connectivity index (χ3v) is 5.17. The van der Waals surface area contributed by atoms with E-state index in [-0.39, 0.29) is 5.91 Å². The van der Waals surface area contributed by atoms with Gasteiger partial charge in [0.1, 0.15) is 11.3 Å². The SMILES string of the molecule is CCOc1cccc2sc(N(Cc3ccccn3)C(=O)c3ccn(C)n3)nc12. The molecule has 0 spiro atoms. The van der Waals surface area contributed by atoms with Crippen LogP contribution in [0.1, 0.15) is 23.1 Å². The minimum absolute atomic E-state index is 0.219. The number of para-hydroxylation sites is 1. The third-order valence-electron chi connectivity index (χ3n) is 4.13. The lowest BCUT2D eigenvalue weighted by Gasteiger charge is -2.18. The first kappa shape index (κ1) is 18.1. The van der Waals surface area contributed by atoms with Crippen LogP contribution in [0.5, 0.6) is 5.75 Å². The van der Waals surface area contributed by atoms with Crippen LogP contribution in [0.2, 0.25) is 0 Å². The summed E-state index contributed by atoms with van der Waals surface area (Å²) in [6.07, 6.45) is 3.46. The summed E-state index contributed by atoms with van der Waals surface area (Å²) < 4.78 is 8.26. The predicted octanol–water partition coefficient (Wildman–Crippen LogP) is 3.67. The first-order valence-electron chi connectivity index (χ1n) is 8.89. The van der Waals surface area contributed by atoms with E-state index in [0.717, 1.165) is 15.9 Å². The zero-order valence-corrected chi connectivity index (χ0v) is 16.4. The number of nitrogens with zero attached hydrogens (tertiary/aromatic N) is 5. The molecule has 0 saturated heterocycles. The van der Waals surface area contributed by atoms with Crippen molar-refractivity contribution in [3.8, 4) is 5.75 Å². The molecule has 3 aromatic heterocycles. The second-order valence-electron chi connectivity index (χ2n) is 6.12. The minimum atomic E-state index is -0.219. The molecule has 0 aliphatic rings. The summed E-state index contributed by atoms with van der Waals surface area (Å²) in [5.74, 6) is 0.494. The van der Waals surface area contributed by atoms with Gasteiger partial charge in [0.05, 0.1) is 23.5 Å². The summed E-state index contributed by atoms with van der Waals surface area (Å²) in [7, 11) is 1.78. The van der Waals surface area contributed by atoms with E-state index in [0.29, 0.717) is 29.7 Å². The maximum atomic E-state index is 13.2. The number of anilines is 1. The summed E-state index contributed by atoms with van der Waals surface area (Å²) in [5, 5.41) is 4.84. The van der Waals surface area contributed by atoms with Gasteiger partial charge in [-0.1, -0.05) is 23.5 Å². The van der Waals surface area contributed by atoms with Gasteiger partial charge in [0.15, 0.2) is 10.8 Å². The number of pyridine rings is 1. The molecule has 0 bridgehead atoms. The molecule has 1 aromatic carbocycles. The number of carbonyl (C=O) groups excluding carboxylic acids is 1. The zero-order valence-electron chi connectivity index (χ0n) is 15.6. The molecule has 4 rings (SSSR count). The summed E-state index contributed by atoms with van der Waals surface area (Å²) in [6.45, 7) is 2.79. The molecule has 0 radical (unpaired) electrons. The molecule has 0 atom stereocenters. The number of aromatic nitrogens is 4. The van der Waals surface area contributed by atoms with Crippen molar-refractivity contribution in [3.05, 3.63) is 66.2 Å². The molecular formula is C20H19N5O2S. The molecule has 3 heterocycles. The van der Waals surface area contributed by atoms with Crippen LogP contribution in [-0.2, 0) is 13.6 Å². The number of ether oxygens (including phenoxy) is 1.